The second-order valence-electron chi connectivity index (χ2n) is 6.39. The highest BCUT2D eigenvalue weighted by atomic mass is 19.2. The minimum atomic E-state index is -1.39. The molecule has 0 unspecified atom stereocenters. The SMILES string of the molecule is CCC[C@@H]1NC(=O)[C@H]2CN(C(=O)c3cc(F)c(F)cc3F)CCN2C1=O. The Hall–Kier alpha value is -2.58. The van der Waals surface area contributed by atoms with Crippen molar-refractivity contribution in [3.8, 4) is 0 Å². The molecule has 9 heteroatoms. The number of nitrogens with zero attached hydrogens (tertiary/aromatic N) is 2. The Kier molecular flexibility index (Phi) is 4.88. The highest BCUT2D eigenvalue weighted by Gasteiger charge is 2.44. The molecule has 0 spiro atoms. The van der Waals surface area contributed by atoms with Crippen LogP contribution in [0.2, 0.25) is 0 Å². The lowest BCUT2D eigenvalue weighted by molar-refractivity contribution is -0.152. The Morgan fingerprint density at radius 3 is 2.54 bits per heavy atom. The van der Waals surface area contributed by atoms with Gasteiger partial charge in [-0.2, -0.15) is 0 Å². The summed E-state index contributed by atoms with van der Waals surface area (Å²) in [6, 6.07) is -0.635. The Morgan fingerprint density at radius 2 is 1.85 bits per heavy atom. The van der Waals surface area contributed by atoms with Crippen molar-refractivity contribution in [2.75, 3.05) is 19.6 Å². The van der Waals surface area contributed by atoms with Gasteiger partial charge in [-0.1, -0.05) is 13.3 Å². The van der Waals surface area contributed by atoms with Gasteiger partial charge in [0.15, 0.2) is 11.6 Å². The summed E-state index contributed by atoms with van der Waals surface area (Å²) >= 11 is 0. The second-order valence-corrected chi connectivity index (χ2v) is 6.39. The van der Waals surface area contributed by atoms with E-state index in [1.165, 1.54) is 9.80 Å². The summed E-state index contributed by atoms with van der Waals surface area (Å²) in [5.74, 6) is -5.33. The van der Waals surface area contributed by atoms with E-state index >= 15 is 0 Å². The van der Waals surface area contributed by atoms with Gasteiger partial charge in [0.25, 0.3) is 5.91 Å². The van der Waals surface area contributed by atoms with Gasteiger partial charge >= 0.3 is 0 Å². The highest BCUT2D eigenvalue weighted by Crippen LogP contribution is 2.21. The van der Waals surface area contributed by atoms with E-state index in [1.807, 2.05) is 6.92 Å². The minimum absolute atomic E-state index is 0.0750. The van der Waals surface area contributed by atoms with E-state index in [0.717, 1.165) is 6.42 Å². The maximum Gasteiger partial charge on any atom is 0.257 e. The van der Waals surface area contributed by atoms with E-state index in [0.29, 0.717) is 18.6 Å². The lowest BCUT2D eigenvalue weighted by atomic mass is 10.0. The normalized spacial score (nSPS) is 22.9. The molecule has 1 aromatic rings. The monoisotopic (exact) mass is 369 g/mol. The molecule has 2 aliphatic rings. The van der Waals surface area contributed by atoms with Crippen LogP contribution in [-0.4, -0.2) is 59.2 Å². The molecule has 3 amide bonds. The Labute approximate surface area is 147 Å². The van der Waals surface area contributed by atoms with E-state index in [9.17, 15) is 27.6 Å². The zero-order chi connectivity index (χ0) is 19.0. The first-order valence-electron chi connectivity index (χ1n) is 8.38. The number of carbonyl (C=O) groups is 3. The van der Waals surface area contributed by atoms with Crippen LogP contribution in [0.25, 0.3) is 0 Å². The van der Waals surface area contributed by atoms with E-state index < -0.39 is 41.0 Å². The lowest BCUT2D eigenvalue weighted by Gasteiger charge is -2.45. The van der Waals surface area contributed by atoms with E-state index in [-0.39, 0.29) is 31.4 Å². The number of carbonyl (C=O) groups excluding carboxylic acids is 3. The van der Waals surface area contributed by atoms with E-state index in [1.54, 1.807) is 0 Å². The smallest absolute Gasteiger partial charge is 0.257 e. The zero-order valence-corrected chi connectivity index (χ0v) is 14.1. The Balaban J connectivity index is 1.78. The maximum atomic E-state index is 13.8. The summed E-state index contributed by atoms with van der Waals surface area (Å²) in [6.45, 7) is 1.96. The molecule has 2 heterocycles. The molecule has 26 heavy (non-hydrogen) atoms. The van der Waals surface area contributed by atoms with Crippen molar-refractivity contribution < 1.29 is 27.6 Å². The number of hydrogen-bond acceptors (Lipinski definition) is 3. The summed E-state index contributed by atoms with van der Waals surface area (Å²) < 4.78 is 40.2. The molecule has 6 nitrogen and oxygen atoms in total. The van der Waals surface area contributed by atoms with Crippen molar-refractivity contribution in [3.05, 3.63) is 35.1 Å². The number of benzene rings is 1. The fourth-order valence-electron chi connectivity index (χ4n) is 3.33. The number of hydrogen-bond donors (Lipinski definition) is 1. The second kappa shape index (κ2) is 6.97. The van der Waals surface area contributed by atoms with Gasteiger partial charge in [-0.15, -0.1) is 0 Å². The number of nitrogens with one attached hydrogen (secondary N) is 1. The summed E-state index contributed by atoms with van der Waals surface area (Å²) in [6.07, 6.45) is 1.26. The molecule has 1 N–H and O–H groups in total. The van der Waals surface area contributed by atoms with Gasteiger partial charge in [-0.25, -0.2) is 13.2 Å². The molecule has 0 aromatic heterocycles. The van der Waals surface area contributed by atoms with Crippen LogP contribution in [0.5, 0.6) is 0 Å². The third kappa shape index (κ3) is 3.13. The van der Waals surface area contributed by atoms with Gasteiger partial charge < -0.3 is 15.1 Å². The highest BCUT2D eigenvalue weighted by molar-refractivity contribution is 5.99. The molecule has 0 radical (unpaired) electrons. The van der Waals surface area contributed by atoms with Crippen LogP contribution in [0.3, 0.4) is 0 Å². The predicted octanol–water partition coefficient (Wildman–Crippen LogP) is 1.06. The standard InChI is InChI=1S/C17H18F3N3O3/c1-2-3-13-17(26)23-5-4-22(8-14(23)15(24)21-13)16(25)9-6-11(19)12(20)7-10(9)18/h6-7,13-14H,2-5,8H2,1H3,(H,21,24)/t13-,14+/m0/s1. The summed E-state index contributed by atoms with van der Waals surface area (Å²) in [5, 5.41) is 2.64. The van der Waals surface area contributed by atoms with Gasteiger partial charge in [0, 0.05) is 19.2 Å². The largest absolute Gasteiger partial charge is 0.342 e. The zero-order valence-electron chi connectivity index (χ0n) is 14.1. The molecule has 2 saturated heterocycles. The van der Waals surface area contributed by atoms with Gasteiger partial charge in [-0.05, 0) is 12.5 Å². The Bertz CT molecular complexity index is 771. The molecule has 2 atom stereocenters. The first-order chi connectivity index (χ1) is 12.3. The topological polar surface area (TPSA) is 69.7 Å². The number of piperazine rings is 2. The molecule has 0 bridgehead atoms. The molecular formula is C17H18F3N3O3. The van der Waals surface area contributed by atoms with Crippen molar-refractivity contribution in [1.82, 2.24) is 15.1 Å². The first-order valence-corrected chi connectivity index (χ1v) is 8.38. The molecule has 1 aromatic carbocycles. The van der Waals surface area contributed by atoms with Gasteiger partial charge in [0.2, 0.25) is 11.8 Å². The minimum Gasteiger partial charge on any atom is -0.342 e. The fourth-order valence-corrected chi connectivity index (χ4v) is 3.33. The first kappa shape index (κ1) is 18.2. The Morgan fingerprint density at radius 1 is 1.15 bits per heavy atom. The van der Waals surface area contributed by atoms with Crippen LogP contribution in [-0.2, 0) is 9.59 Å². The fraction of sp³-hybridized carbons (Fsp3) is 0.471. The van der Waals surface area contributed by atoms with Gasteiger partial charge in [-0.3, -0.25) is 14.4 Å². The van der Waals surface area contributed by atoms with Crippen molar-refractivity contribution in [3.63, 3.8) is 0 Å². The summed E-state index contributed by atoms with van der Waals surface area (Å²) in [5.41, 5.74) is -0.608. The van der Waals surface area contributed by atoms with Crippen LogP contribution in [0.4, 0.5) is 13.2 Å². The number of rotatable bonds is 3. The summed E-state index contributed by atoms with van der Waals surface area (Å²) in [4.78, 5) is 39.8. The maximum absolute atomic E-state index is 13.8. The van der Waals surface area contributed by atoms with Crippen molar-refractivity contribution in [2.24, 2.45) is 0 Å². The molecule has 0 saturated carbocycles. The van der Waals surface area contributed by atoms with Crippen molar-refractivity contribution in [2.45, 2.75) is 31.8 Å². The van der Waals surface area contributed by atoms with Crippen LogP contribution in [0.15, 0.2) is 12.1 Å². The lowest BCUT2D eigenvalue weighted by Crippen LogP contribution is -2.69. The van der Waals surface area contributed by atoms with Gasteiger partial charge in [0.05, 0.1) is 12.1 Å². The van der Waals surface area contributed by atoms with Crippen molar-refractivity contribution in [1.29, 1.82) is 0 Å². The van der Waals surface area contributed by atoms with Crippen LogP contribution < -0.4 is 5.32 Å². The molecule has 2 fully saturated rings. The quantitative estimate of drug-likeness (QED) is 0.810. The van der Waals surface area contributed by atoms with Crippen molar-refractivity contribution >= 4 is 17.7 Å². The number of fused-ring (bicyclic) bond motifs is 1. The van der Waals surface area contributed by atoms with Crippen LogP contribution in [0.1, 0.15) is 30.1 Å². The summed E-state index contributed by atoms with van der Waals surface area (Å²) in [7, 11) is 0. The number of amides is 3. The predicted molar refractivity (Wildman–Crippen MR) is 84.6 cm³/mol. The van der Waals surface area contributed by atoms with E-state index in [4.69, 9.17) is 0 Å². The molecular weight excluding hydrogens is 351 g/mol. The van der Waals surface area contributed by atoms with Gasteiger partial charge in [0.1, 0.15) is 17.9 Å². The van der Waals surface area contributed by atoms with Crippen LogP contribution in [0, 0.1) is 17.5 Å². The van der Waals surface area contributed by atoms with E-state index in [2.05, 4.69) is 5.32 Å². The average Bonchev–Trinajstić information content (AvgIpc) is 2.61. The molecule has 0 aliphatic carbocycles. The molecule has 140 valence electrons. The number of halogens is 3. The average molecular weight is 369 g/mol. The van der Waals surface area contributed by atoms with Crippen LogP contribution >= 0.6 is 0 Å². The third-order valence-electron chi connectivity index (χ3n) is 4.69. The third-order valence-corrected chi connectivity index (χ3v) is 4.69. The molecule has 3 rings (SSSR count). The molecule has 2 aliphatic heterocycles.